The molecular weight excluding hydrogens is 312 g/mol. The highest BCUT2D eigenvalue weighted by Gasteiger charge is 2.19. The maximum Gasteiger partial charge on any atom is 0.0705 e. The fourth-order valence-electron chi connectivity index (χ4n) is 3.22. The molecule has 0 amide bonds. The van der Waals surface area contributed by atoms with Crippen LogP contribution in [-0.2, 0) is 6.54 Å². The van der Waals surface area contributed by atoms with Gasteiger partial charge in [0.25, 0.3) is 0 Å². The van der Waals surface area contributed by atoms with E-state index in [1.165, 1.54) is 43.3 Å². The number of hydrogen-bond donors (Lipinski definition) is 0. The van der Waals surface area contributed by atoms with E-state index in [4.69, 9.17) is 0 Å². The quantitative estimate of drug-likeness (QED) is 0.779. The molecule has 0 N–H and O–H groups in total. The van der Waals surface area contributed by atoms with Gasteiger partial charge in [0.1, 0.15) is 0 Å². The highest BCUT2D eigenvalue weighted by molar-refractivity contribution is 9.09. The third kappa shape index (κ3) is 3.21. The van der Waals surface area contributed by atoms with Gasteiger partial charge in [-0.1, -0.05) is 34.1 Å². The van der Waals surface area contributed by atoms with Crippen LogP contribution in [-0.4, -0.2) is 28.3 Å². The van der Waals surface area contributed by atoms with Gasteiger partial charge in [0.05, 0.1) is 5.52 Å². The summed E-state index contributed by atoms with van der Waals surface area (Å²) in [5.41, 5.74) is 2.52. The third-order valence-corrected chi connectivity index (χ3v) is 4.71. The van der Waals surface area contributed by atoms with E-state index in [1.807, 2.05) is 6.20 Å². The zero-order chi connectivity index (χ0) is 13.8. The van der Waals surface area contributed by atoms with Gasteiger partial charge in [-0.05, 0) is 49.4 Å². The molecule has 1 unspecified atom stereocenters. The maximum absolute atomic E-state index is 4.45. The molecule has 1 aliphatic rings. The van der Waals surface area contributed by atoms with E-state index < -0.39 is 0 Å². The first-order valence-corrected chi connectivity index (χ1v) is 8.60. The number of halogens is 1. The number of nitrogens with zero attached hydrogens (tertiary/aromatic N) is 2. The number of alkyl halides is 1. The van der Waals surface area contributed by atoms with Gasteiger partial charge < -0.3 is 0 Å². The second-order valence-corrected chi connectivity index (χ2v) is 6.50. The largest absolute Gasteiger partial charge is 0.299 e. The van der Waals surface area contributed by atoms with E-state index in [2.05, 4.69) is 56.1 Å². The van der Waals surface area contributed by atoms with Gasteiger partial charge >= 0.3 is 0 Å². The second-order valence-electron chi connectivity index (χ2n) is 5.71. The SMILES string of the molecule is BrCCC1CCCN(Cc2ccnc3ccccc23)C1. The van der Waals surface area contributed by atoms with Crippen molar-refractivity contribution in [1.82, 2.24) is 9.88 Å². The van der Waals surface area contributed by atoms with Crippen LogP contribution >= 0.6 is 15.9 Å². The summed E-state index contributed by atoms with van der Waals surface area (Å²) in [6.45, 7) is 3.53. The Kier molecular flexibility index (Phi) is 4.69. The van der Waals surface area contributed by atoms with Gasteiger partial charge in [0.2, 0.25) is 0 Å². The minimum absolute atomic E-state index is 0.858. The summed E-state index contributed by atoms with van der Waals surface area (Å²) >= 11 is 3.58. The van der Waals surface area contributed by atoms with Crippen LogP contribution in [0.3, 0.4) is 0 Å². The van der Waals surface area contributed by atoms with Crippen LogP contribution in [0.5, 0.6) is 0 Å². The summed E-state index contributed by atoms with van der Waals surface area (Å²) in [5, 5.41) is 2.43. The van der Waals surface area contributed by atoms with Crippen molar-refractivity contribution in [1.29, 1.82) is 0 Å². The number of likely N-dealkylation sites (tertiary alicyclic amines) is 1. The fourth-order valence-corrected chi connectivity index (χ4v) is 3.87. The van der Waals surface area contributed by atoms with Gasteiger partial charge in [-0.2, -0.15) is 0 Å². The predicted molar refractivity (Wildman–Crippen MR) is 88.2 cm³/mol. The van der Waals surface area contributed by atoms with Gasteiger partial charge in [-0.15, -0.1) is 0 Å². The van der Waals surface area contributed by atoms with Crippen LogP contribution in [0, 0.1) is 5.92 Å². The summed E-state index contributed by atoms with van der Waals surface area (Å²) in [6.07, 6.45) is 5.96. The van der Waals surface area contributed by atoms with Crippen LogP contribution in [0.4, 0.5) is 0 Å². The van der Waals surface area contributed by atoms with Gasteiger partial charge in [0, 0.05) is 30.0 Å². The third-order valence-electron chi connectivity index (χ3n) is 4.25. The van der Waals surface area contributed by atoms with Crippen LogP contribution in [0.15, 0.2) is 36.5 Å². The highest BCUT2D eigenvalue weighted by atomic mass is 79.9. The molecular formula is C17H21BrN2. The number of para-hydroxylation sites is 1. The fraction of sp³-hybridized carbons (Fsp3) is 0.471. The molecule has 3 heteroatoms. The van der Waals surface area contributed by atoms with Gasteiger partial charge in [0.15, 0.2) is 0 Å². The number of benzene rings is 1. The Morgan fingerprint density at radius 3 is 3.05 bits per heavy atom. The molecule has 0 saturated carbocycles. The maximum atomic E-state index is 4.45. The number of pyridine rings is 1. The first kappa shape index (κ1) is 14.0. The molecule has 1 aromatic heterocycles. The number of piperidine rings is 1. The lowest BCUT2D eigenvalue weighted by atomic mass is 9.95. The van der Waals surface area contributed by atoms with E-state index in [0.29, 0.717) is 0 Å². The molecule has 2 heterocycles. The van der Waals surface area contributed by atoms with E-state index in [0.717, 1.165) is 23.3 Å². The lowest BCUT2D eigenvalue weighted by molar-refractivity contribution is 0.166. The molecule has 20 heavy (non-hydrogen) atoms. The Bertz CT molecular complexity index is 562. The van der Waals surface area contributed by atoms with E-state index >= 15 is 0 Å². The Hall–Kier alpha value is -0.930. The van der Waals surface area contributed by atoms with Crippen molar-refractivity contribution in [3.8, 4) is 0 Å². The van der Waals surface area contributed by atoms with Crippen molar-refractivity contribution in [2.75, 3.05) is 18.4 Å². The molecule has 0 bridgehead atoms. The Labute approximate surface area is 129 Å². The lowest BCUT2D eigenvalue weighted by Gasteiger charge is -2.32. The van der Waals surface area contributed by atoms with E-state index in [9.17, 15) is 0 Å². The number of fused-ring (bicyclic) bond motifs is 1. The molecule has 0 spiro atoms. The molecule has 2 aromatic rings. The van der Waals surface area contributed by atoms with Crippen molar-refractivity contribution < 1.29 is 0 Å². The highest BCUT2D eigenvalue weighted by Crippen LogP contribution is 2.24. The smallest absolute Gasteiger partial charge is 0.0705 e. The second kappa shape index (κ2) is 6.68. The van der Waals surface area contributed by atoms with E-state index in [1.54, 1.807) is 0 Å². The van der Waals surface area contributed by atoms with Crippen LogP contribution in [0.25, 0.3) is 10.9 Å². The van der Waals surface area contributed by atoms with Crippen molar-refractivity contribution in [3.63, 3.8) is 0 Å². The van der Waals surface area contributed by atoms with Crippen LogP contribution in [0.1, 0.15) is 24.8 Å². The van der Waals surface area contributed by atoms with Gasteiger partial charge in [-0.3, -0.25) is 9.88 Å². The molecule has 1 saturated heterocycles. The minimum atomic E-state index is 0.858. The zero-order valence-electron chi connectivity index (χ0n) is 11.8. The van der Waals surface area contributed by atoms with Crippen molar-refractivity contribution in [3.05, 3.63) is 42.1 Å². The standard InChI is InChI=1S/C17H21BrN2/c18-9-7-14-4-3-11-20(12-14)13-15-8-10-19-17-6-2-1-5-16(15)17/h1-2,5-6,8,10,14H,3-4,7,9,11-13H2. The Morgan fingerprint density at radius 1 is 1.25 bits per heavy atom. The number of rotatable bonds is 4. The first-order valence-electron chi connectivity index (χ1n) is 7.48. The molecule has 0 radical (unpaired) electrons. The topological polar surface area (TPSA) is 16.1 Å². The average molecular weight is 333 g/mol. The van der Waals surface area contributed by atoms with Crippen molar-refractivity contribution >= 4 is 26.8 Å². The summed E-state index contributed by atoms with van der Waals surface area (Å²) < 4.78 is 0. The summed E-state index contributed by atoms with van der Waals surface area (Å²) in [4.78, 5) is 7.06. The molecule has 1 aromatic carbocycles. The molecule has 1 aliphatic heterocycles. The molecule has 1 atom stereocenters. The van der Waals surface area contributed by atoms with Crippen LogP contribution in [0.2, 0.25) is 0 Å². The minimum Gasteiger partial charge on any atom is -0.299 e. The van der Waals surface area contributed by atoms with Crippen molar-refractivity contribution in [2.45, 2.75) is 25.8 Å². The molecule has 1 fully saturated rings. The Morgan fingerprint density at radius 2 is 2.15 bits per heavy atom. The molecule has 106 valence electrons. The summed E-state index contributed by atoms with van der Waals surface area (Å²) in [5.74, 6) is 0.858. The van der Waals surface area contributed by atoms with Crippen LogP contribution < -0.4 is 0 Å². The van der Waals surface area contributed by atoms with E-state index in [-0.39, 0.29) is 0 Å². The average Bonchev–Trinajstić information content (AvgIpc) is 2.48. The summed E-state index contributed by atoms with van der Waals surface area (Å²) in [6, 6.07) is 10.6. The lowest BCUT2D eigenvalue weighted by Crippen LogP contribution is -2.35. The molecule has 3 rings (SSSR count). The number of aromatic nitrogens is 1. The monoisotopic (exact) mass is 332 g/mol. The molecule has 2 nitrogen and oxygen atoms in total. The normalized spacial score (nSPS) is 20.4. The zero-order valence-corrected chi connectivity index (χ0v) is 13.3. The molecule has 0 aliphatic carbocycles. The summed E-state index contributed by atoms with van der Waals surface area (Å²) in [7, 11) is 0. The van der Waals surface area contributed by atoms with Crippen molar-refractivity contribution in [2.24, 2.45) is 5.92 Å². The number of hydrogen-bond acceptors (Lipinski definition) is 2. The Balaban J connectivity index is 1.76. The first-order chi connectivity index (χ1) is 9.86. The predicted octanol–water partition coefficient (Wildman–Crippen LogP) is 4.23. The van der Waals surface area contributed by atoms with Gasteiger partial charge in [-0.25, -0.2) is 0 Å².